The van der Waals surface area contributed by atoms with Gasteiger partial charge in [0.05, 0.1) is 25.7 Å². The molecule has 0 aliphatic carbocycles. The summed E-state index contributed by atoms with van der Waals surface area (Å²) >= 11 is 0. The van der Waals surface area contributed by atoms with E-state index in [1.807, 2.05) is 13.8 Å². The molecule has 378 valence electrons. The smallest absolute Gasteiger partial charge is 0.408 e. The number of amides is 8. The Kier molecular flexibility index (Phi) is 22.2. The van der Waals surface area contributed by atoms with Crippen molar-refractivity contribution >= 4 is 53.4 Å². The molecule has 0 saturated carbocycles. The third-order valence-corrected chi connectivity index (χ3v) is 10.9. The Bertz CT molecular complexity index is 1890. The number of hydrogen-bond acceptors (Lipinski definition) is 12. The normalized spacial score (nSPS) is 16.7. The summed E-state index contributed by atoms with van der Waals surface area (Å²) in [5.74, 6) is -6.63. The number of likely N-dealkylation sites (tertiary alicyclic amines) is 1. The SMILES string of the molecule is COC(=O)[C@@H](NC(=O)[C@@H](NC(=O)[C@H](CC(C)C)NC(=O)CNC(=O)[C@H]1CCCN1C(=O)[C@@H](NC(=O)[C@@H](NC(=O)[C@H](Cc1cn(C)cn1)NC(=O)OC(C)(C)C)C(C)C)C(C)C)C(C)C)C(C)C. The summed E-state index contributed by atoms with van der Waals surface area (Å²) in [7, 11) is 2.98. The van der Waals surface area contributed by atoms with Gasteiger partial charge in [-0.1, -0.05) is 69.2 Å². The molecule has 1 aromatic rings. The van der Waals surface area contributed by atoms with E-state index in [0.29, 0.717) is 12.1 Å². The highest BCUT2D eigenvalue weighted by Gasteiger charge is 2.41. The Labute approximate surface area is 395 Å². The summed E-state index contributed by atoms with van der Waals surface area (Å²) in [5.41, 5.74) is -0.334. The van der Waals surface area contributed by atoms with Crippen LogP contribution in [0, 0.1) is 29.6 Å². The molecule has 7 atom stereocenters. The number of carbonyl (C=O) groups excluding carboxylic acids is 9. The zero-order valence-electron chi connectivity index (χ0n) is 42.2. The first-order valence-corrected chi connectivity index (χ1v) is 23.2. The van der Waals surface area contributed by atoms with E-state index in [2.05, 4.69) is 42.2 Å². The van der Waals surface area contributed by atoms with Gasteiger partial charge < -0.3 is 56.2 Å². The number of alkyl carbamates (subject to hydrolysis) is 1. The second-order valence-corrected chi connectivity index (χ2v) is 20.0. The average molecular weight is 947 g/mol. The van der Waals surface area contributed by atoms with E-state index in [1.54, 1.807) is 100 Å². The van der Waals surface area contributed by atoms with Crippen molar-refractivity contribution in [1.29, 1.82) is 0 Å². The fourth-order valence-electron chi connectivity index (χ4n) is 7.36. The lowest BCUT2D eigenvalue weighted by Gasteiger charge is -2.32. The highest BCUT2D eigenvalue weighted by Crippen LogP contribution is 2.21. The predicted molar refractivity (Wildman–Crippen MR) is 248 cm³/mol. The van der Waals surface area contributed by atoms with Crippen LogP contribution >= 0.6 is 0 Å². The van der Waals surface area contributed by atoms with Crippen LogP contribution in [-0.4, -0.2) is 136 Å². The standard InChI is InChI=1S/C46H78N10O11/c1-24(2)19-30(38(58)51-35(26(5)6)42(62)54-37(28(9)10)44(64)66-15)49-33(57)21-47-40(60)32-17-16-18-56(32)43(63)36(27(7)8)53-41(61)34(25(3)4)52-39(59)31(20-29-22-55(14)23-48-29)50-45(65)67-46(11,12)13/h22-28,30-32,34-37H,16-21H2,1-15H3,(H,47,60)(H,49,57)(H,50,65)(H,51,58)(H,52,59)(H,53,61)(H,54,62)/t30-,31-,32+,34-,35-,36-,37-/m0/s1. The van der Waals surface area contributed by atoms with E-state index >= 15 is 0 Å². The molecule has 1 aromatic heterocycles. The van der Waals surface area contributed by atoms with Gasteiger partial charge in [-0.25, -0.2) is 14.6 Å². The van der Waals surface area contributed by atoms with Gasteiger partial charge in [-0.3, -0.25) is 33.6 Å². The third kappa shape index (κ3) is 18.4. The first kappa shape index (κ1) is 57.4. The van der Waals surface area contributed by atoms with Gasteiger partial charge in [0, 0.05) is 26.2 Å². The van der Waals surface area contributed by atoms with Gasteiger partial charge in [-0.05, 0) is 69.6 Å². The van der Waals surface area contributed by atoms with Crippen molar-refractivity contribution in [2.75, 3.05) is 20.2 Å². The molecule has 2 heterocycles. The molecule has 67 heavy (non-hydrogen) atoms. The van der Waals surface area contributed by atoms with Crippen LogP contribution in [-0.2, 0) is 61.3 Å². The van der Waals surface area contributed by atoms with Gasteiger partial charge in [0.15, 0.2) is 0 Å². The molecule has 1 aliphatic rings. The fourth-order valence-corrected chi connectivity index (χ4v) is 7.36. The van der Waals surface area contributed by atoms with Crippen molar-refractivity contribution in [3.05, 3.63) is 18.2 Å². The highest BCUT2D eigenvalue weighted by atomic mass is 16.6. The molecule has 21 nitrogen and oxygen atoms in total. The van der Waals surface area contributed by atoms with Crippen LogP contribution in [0.15, 0.2) is 12.5 Å². The Morgan fingerprint density at radius 2 is 1.21 bits per heavy atom. The van der Waals surface area contributed by atoms with Gasteiger partial charge in [0.1, 0.15) is 47.9 Å². The maximum Gasteiger partial charge on any atom is 0.408 e. The lowest BCUT2D eigenvalue weighted by molar-refractivity contribution is -0.147. The van der Waals surface area contributed by atoms with E-state index in [1.165, 1.54) is 12.0 Å². The van der Waals surface area contributed by atoms with Gasteiger partial charge in [-0.15, -0.1) is 0 Å². The van der Waals surface area contributed by atoms with Crippen LogP contribution in [0.2, 0.25) is 0 Å². The zero-order valence-corrected chi connectivity index (χ0v) is 42.2. The molecule has 0 unspecified atom stereocenters. The Hall–Kier alpha value is -5.76. The summed E-state index contributed by atoms with van der Waals surface area (Å²) in [6, 6.07) is -7.44. The van der Waals surface area contributed by atoms with Crippen LogP contribution in [0.4, 0.5) is 4.79 Å². The summed E-state index contributed by atoms with van der Waals surface area (Å²) < 4.78 is 11.9. The van der Waals surface area contributed by atoms with Crippen LogP contribution in [0.5, 0.6) is 0 Å². The van der Waals surface area contributed by atoms with Gasteiger partial charge in [-0.2, -0.15) is 0 Å². The van der Waals surface area contributed by atoms with E-state index in [0.717, 1.165) is 0 Å². The topological polar surface area (TPSA) is 277 Å². The molecule has 0 aromatic carbocycles. The van der Waals surface area contributed by atoms with Gasteiger partial charge >= 0.3 is 12.1 Å². The van der Waals surface area contributed by atoms with Crippen LogP contribution in [0.25, 0.3) is 0 Å². The number of esters is 1. The number of rotatable bonds is 23. The third-order valence-electron chi connectivity index (χ3n) is 10.9. The van der Waals surface area contributed by atoms with Crippen molar-refractivity contribution in [2.24, 2.45) is 36.6 Å². The molecular weight excluding hydrogens is 869 g/mol. The molecule has 21 heteroatoms. The van der Waals surface area contributed by atoms with Gasteiger partial charge in [0.2, 0.25) is 41.4 Å². The second kappa shape index (κ2) is 26.0. The minimum Gasteiger partial charge on any atom is -0.467 e. The van der Waals surface area contributed by atoms with Crippen LogP contribution < -0.4 is 37.2 Å². The van der Waals surface area contributed by atoms with Crippen molar-refractivity contribution in [1.82, 2.24) is 51.7 Å². The number of nitrogens with one attached hydrogen (secondary N) is 7. The van der Waals surface area contributed by atoms with Crippen molar-refractivity contribution in [2.45, 2.75) is 164 Å². The van der Waals surface area contributed by atoms with Crippen LogP contribution in [0.1, 0.15) is 115 Å². The number of hydrogen-bond donors (Lipinski definition) is 7. The van der Waals surface area contributed by atoms with E-state index < -0.39 is 126 Å². The lowest BCUT2D eigenvalue weighted by atomic mass is 9.98. The molecule has 1 aliphatic heterocycles. The monoisotopic (exact) mass is 947 g/mol. The Morgan fingerprint density at radius 1 is 0.701 bits per heavy atom. The molecule has 0 radical (unpaired) electrons. The Balaban J connectivity index is 2.17. The number of methoxy groups -OCH3 is 1. The Morgan fingerprint density at radius 3 is 1.67 bits per heavy atom. The van der Waals surface area contributed by atoms with E-state index in [4.69, 9.17) is 9.47 Å². The van der Waals surface area contributed by atoms with Crippen LogP contribution in [0.3, 0.4) is 0 Å². The van der Waals surface area contributed by atoms with Crippen molar-refractivity contribution in [3.63, 3.8) is 0 Å². The van der Waals surface area contributed by atoms with Crippen molar-refractivity contribution in [3.8, 4) is 0 Å². The first-order chi connectivity index (χ1) is 31.1. The van der Waals surface area contributed by atoms with Crippen molar-refractivity contribution < 1.29 is 52.6 Å². The highest BCUT2D eigenvalue weighted by molar-refractivity contribution is 5.97. The zero-order chi connectivity index (χ0) is 51.1. The predicted octanol–water partition coefficient (Wildman–Crippen LogP) is 1.23. The number of aromatic nitrogens is 2. The molecule has 2 rings (SSSR count). The summed E-state index contributed by atoms with van der Waals surface area (Å²) in [5, 5.41) is 18.8. The number of imidazole rings is 1. The maximum atomic E-state index is 14.2. The first-order valence-electron chi connectivity index (χ1n) is 23.2. The molecular formula is C46H78N10O11. The molecule has 7 N–H and O–H groups in total. The average Bonchev–Trinajstić information content (AvgIpc) is 3.88. The minimum absolute atomic E-state index is 0.00193. The minimum atomic E-state index is -1.17. The number of nitrogens with zero attached hydrogens (tertiary/aromatic N) is 3. The van der Waals surface area contributed by atoms with E-state index in [-0.39, 0.29) is 37.6 Å². The molecule has 1 saturated heterocycles. The second-order valence-electron chi connectivity index (χ2n) is 20.0. The quantitative estimate of drug-likeness (QED) is 0.0764. The van der Waals surface area contributed by atoms with Gasteiger partial charge in [0.25, 0.3) is 0 Å². The largest absolute Gasteiger partial charge is 0.467 e. The number of carbonyl (C=O) groups is 9. The number of aryl methyl sites for hydroxylation is 1. The summed E-state index contributed by atoms with van der Waals surface area (Å²) in [6.45, 7) is 22.3. The molecule has 0 bridgehead atoms. The maximum absolute atomic E-state index is 14.2. The molecule has 1 fully saturated rings. The molecule has 0 spiro atoms. The summed E-state index contributed by atoms with van der Waals surface area (Å²) in [4.78, 5) is 126. The fraction of sp³-hybridized carbons (Fsp3) is 0.739. The summed E-state index contributed by atoms with van der Waals surface area (Å²) in [6.07, 6.45) is 3.38. The van der Waals surface area contributed by atoms with E-state index in [9.17, 15) is 43.2 Å². The number of ether oxygens (including phenoxy) is 2. The molecule has 8 amide bonds. The lowest BCUT2D eigenvalue weighted by Crippen LogP contribution is -2.61.